The van der Waals surface area contributed by atoms with Gasteiger partial charge in [0.15, 0.2) is 17.3 Å². The second-order valence-corrected chi connectivity index (χ2v) is 31.5. The van der Waals surface area contributed by atoms with Crippen molar-refractivity contribution in [2.45, 2.75) is 311 Å². The van der Waals surface area contributed by atoms with Crippen LogP contribution in [0.5, 0.6) is 17.2 Å². The minimum atomic E-state index is -2.24. The normalized spacial score (nSPS) is 35.6. The van der Waals surface area contributed by atoms with Gasteiger partial charge in [0.05, 0.1) is 109 Å². The first kappa shape index (κ1) is 96.3. The number of hydrogen-bond donors (Lipinski definition) is 18. The number of carbonyl (C=O) groups excluding carboxylic acids is 2. The highest BCUT2D eigenvalue weighted by molar-refractivity contribution is 7.98. The lowest BCUT2D eigenvalue weighted by Crippen LogP contribution is -2.55. The van der Waals surface area contributed by atoms with Gasteiger partial charge in [0.2, 0.25) is 0 Å². The van der Waals surface area contributed by atoms with Crippen LogP contribution in [0.4, 0.5) is 0 Å². The van der Waals surface area contributed by atoms with Gasteiger partial charge in [0.1, 0.15) is 17.6 Å². The number of aliphatic hydroxyl groups is 15. The zero-order chi connectivity index (χ0) is 80.1. The van der Waals surface area contributed by atoms with Gasteiger partial charge in [-0.15, -0.1) is 11.8 Å². The van der Waals surface area contributed by atoms with Crippen LogP contribution in [0.25, 0.3) is 0 Å². The molecule has 2 bridgehead atoms. The van der Waals surface area contributed by atoms with Crippen molar-refractivity contribution in [3.8, 4) is 17.2 Å². The summed E-state index contributed by atoms with van der Waals surface area (Å²) in [6, 6.07) is 1.07. The van der Waals surface area contributed by atoms with Crippen LogP contribution in [0.15, 0.2) is 120 Å². The number of rotatable bonds is 9. The van der Waals surface area contributed by atoms with Gasteiger partial charge in [-0.3, -0.25) is 9.59 Å². The Hall–Kier alpha value is -4.91. The Balaban J connectivity index is 1.80. The van der Waals surface area contributed by atoms with Gasteiger partial charge < -0.3 is 106 Å². The molecule has 2 aliphatic rings. The average molecular weight is 1530 g/mol. The Morgan fingerprint density at radius 2 is 1.20 bits per heavy atom. The zero-order valence-corrected chi connectivity index (χ0v) is 65.6. The molecule has 107 heavy (non-hydrogen) atoms. The van der Waals surface area contributed by atoms with E-state index in [-0.39, 0.29) is 111 Å². The molecule has 23 nitrogen and oxygen atoms in total. The number of fused-ring (bicyclic) bond motifs is 2. The maximum Gasteiger partial charge on any atom is 0.311 e. The summed E-state index contributed by atoms with van der Waals surface area (Å²) >= 11 is 1.20. The third-order valence-electron chi connectivity index (χ3n) is 20.8. The summed E-state index contributed by atoms with van der Waals surface area (Å²) in [5.41, 5.74) is 0.756. The number of methoxy groups -OCH3 is 1. The lowest BCUT2D eigenvalue weighted by atomic mass is 9.78. The molecule has 24 heteroatoms. The van der Waals surface area contributed by atoms with Crippen LogP contribution in [0.2, 0.25) is 0 Å². The van der Waals surface area contributed by atoms with Crippen molar-refractivity contribution in [1.29, 1.82) is 0 Å². The van der Waals surface area contributed by atoms with Crippen LogP contribution in [-0.2, 0) is 23.8 Å². The first-order valence-corrected chi connectivity index (χ1v) is 39.7. The lowest BCUT2D eigenvalue weighted by molar-refractivity contribution is -0.302. The minimum absolute atomic E-state index is 0.0371. The van der Waals surface area contributed by atoms with Crippen molar-refractivity contribution in [1.82, 2.24) is 0 Å². The number of ketones is 1. The largest absolute Gasteiger partial charge is 0.507 e. The SMILES string of the molecule is CO[C@H](CC[C@@H](C)C=CC=C[C@H]1C[C@@H](O)C[C@H](O)CCCC[C@@H](C)CC[C@H](O)C[C@@H](O)CC=CC=CC=C[C@@H](O)CC(=O)C[C@H](O)CC=CC=C[C@@H](O)C[C@H](O)C[C@H](O)CC[C@@H](C)[C@@H](O)C[C@@H](O)[C@@H](C)[C@@H](O)C(C)=CC=C[C@H](C)[C@@H](O)[C@@H](C)[C@@H]2O[C@@](O)(CC(=O)O1)C[C@@H](O)[C@H]2C)c1c(O)c(O)cc(O)c1SC. The van der Waals surface area contributed by atoms with E-state index in [4.69, 9.17) is 14.2 Å². The van der Waals surface area contributed by atoms with Gasteiger partial charge in [-0.1, -0.05) is 165 Å². The summed E-state index contributed by atoms with van der Waals surface area (Å²) < 4.78 is 17.9. The highest BCUT2D eigenvalue weighted by atomic mass is 32.2. The van der Waals surface area contributed by atoms with E-state index in [1.807, 2.05) is 13.0 Å². The van der Waals surface area contributed by atoms with E-state index < -0.39 is 151 Å². The predicted octanol–water partition coefficient (Wildman–Crippen LogP) is 9.28. The third kappa shape index (κ3) is 37.3. The van der Waals surface area contributed by atoms with E-state index in [1.54, 1.807) is 133 Å². The molecule has 0 aliphatic carbocycles. The number of phenols is 3. The maximum atomic E-state index is 14.0. The average Bonchev–Trinajstić information content (AvgIpc) is 0.790. The zero-order valence-electron chi connectivity index (χ0n) is 64.8. The van der Waals surface area contributed by atoms with Crippen molar-refractivity contribution in [2.75, 3.05) is 13.4 Å². The van der Waals surface area contributed by atoms with Gasteiger partial charge in [-0.2, -0.15) is 0 Å². The molecular formula is C83H134O23S. The third-order valence-corrected chi connectivity index (χ3v) is 21.6. The van der Waals surface area contributed by atoms with E-state index in [9.17, 15) is 102 Å². The van der Waals surface area contributed by atoms with Gasteiger partial charge in [-0.05, 0) is 126 Å². The minimum Gasteiger partial charge on any atom is -0.507 e. The molecule has 1 aromatic carbocycles. The Labute approximate surface area is 639 Å². The van der Waals surface area contributed by atoms with Crippen molar-refractivity contribution in [3.63, 3.8) is 0 Å². The van der Waals surface area contributed by atoms with Crippen LogP contribution in [0.1, 0.15) is 208 Å². The summed E-state index contributed by atoms with van der Waals surface area (Å²) in [5, 5.41) is 197. The second kappa shape index (κ2) is 50.9. The first-order chi connectivity index (χ1) is 50.5. The van der Waals surface area contributed by atoms with Crippen LogP contribution >= 0.6 is 11.8 Å². The molecule has 0 amide bonds. The van der Waals surface area contributed by atoms with E-state index in [0.717, 1.165) is 18.9 Å². The van der Waals surface area contributed by atoms with Crippen molar-refractivity contribution in [3.05, 3.63) is 120 Å². The first-order valence-electron chi connectivity index (χ1n) is 38.5. The fourth-order valence-corrected chi connectivity index (χ4v) is 14.5. The maximum absolute atomic E-state index is 14.0. The van der Waals surface area contributed by atoms with E-state index in [1.165, 1.54) is 31.0 Å². The van der Waals surface area contributed by atoms with Crippen molar-refractivity contribution < 1.29 is 116 Å². The number of Topliss-reactive ketones (excluding diaryl/α,β-unsaturated/α-hetero) is 1. The predicted molar refractivity (Wildman–Crippen MR) is 414 cm³/mol. The van der Waals surface area contributed by atoms with Gasteiger partial charge in [0.25, 0.3) is 0 Å². The van der Waals surface area contributed by atoms with Crippen molar-refractivity contribution in [2.24, 2.45) is 41.4 Å². The molecule has 1 aromatic rings. The van der Waals surface area contributed by atoms with Crippen LogP contribution in [-0.4, -0.2) is 220 Å². The molecule has 610 valence electrons. The highest BCUT2D eigenvalue weighted by Crippen LogP contribution is 2.47. The lowest BCUT2D eigenvalue weighted by Gasteiger charge is -2.46. The topological polar surface area (TPSA) is 426 Å². The Morgan fingerprint density at radius 3 is 1.87 bits per heavy atom. The van der Waals surface area contributed by atoms with Crippen LogP contribution < -0.4 is 0 Å². The molecule has 3 rings (SSSR count). The quantitative estimate of drug-likeness (QED) is 0.0360. The molecule has 2 heterocycles. The van der Waals surface area contributed by atoms with Crippen LogP contribution in [0, 0.1) is 41.4 Å². The fourth-order valence-electron chi connectivity index (χ4n) is 13.7. The molecule has 2 aliphatic heterocycles. The standard InChI is InChI=1S/C83H134O23S/c1-51-24-19-21-32-63(88)44-68(93)46-69(33-22-20-25-52(2)35-39-75(104-9)77-80(102)72(96)48-73(97)82(77)107-10)105-76(99)50-83(103)49-74(98)57(7)81(106-83)58(8)79(101)55(5)27-23-26-54(4)78(100)56(6)71(95)47-70(94)53(3)36-38-65(90)45-67(92)43-62(87)31-18-14-17-30-61(86)42-66(91)41-60(85)29-16-13-11-12-15-28-59(84)40-64(89)37-34-51/h11-18,20,22-23,25-27,29,31,33,48,51-53,55-65,67-71,74-75,78-79,81,84-90,92-98,100-103H,19,21,24,28,30,32,34-47,49-50H2,1-10H3/t51-,52+,53-,55+,56-,57-,58-,59+,60-,61-,62-,63-,64+,65-,67+,68+,69+,70+,71-,74-,75-,78+,79-,81-,83-/m1/s1. The molecular weight excluding hydrogens is 1400 g/mol. The van der Waals surface area contributed by atoms with Crippen molar-refractivity contribution >= 4 is 23.5 Å². The summed E-state index contributed by atoms with van der Waals surface area (Å²) in [5.74, 6) is -7.35. The number of hydrogen-bond acceptors (Lipinski definition) is 24. The molecule has 0 unspecified atom stereocenters. The number of cyclic esters (lactones) is 1. The number of ether oxygens (including phenoxy) is 3. The van der Waals surface area contributed by atoms with E-state index >= 15 is 0 Å². The Morgan fingerprint density at radius 1 is 0.598 bits per heavy atom. The number of carbonyl (C=O) groups is 2. The molecule has 1 saturated heterocycles. The summed E-state index contributed by atoms with van der Waals surface area (Å²) in [4.78, 5) is 26.9. The number of allylic oxidation sites excluding steroid dienone is 11. The van der Waals surface area contributed by atoms with E-state index in [0.29, 0.717) is 61.8 Å². The molecule has 1 fully saturated rings. The molecule has 25 atom stereocenters. The number of aliphatic hydroxyl groups excluding tert-OH is 14. The van der Waals surface area contributed by atoms with Gasteiger partial charge in [-0.25, -0.2) is 0 Å². The number of esters is 1. The molecule has 0 radical (unpaired) electrons. The summed E-state index contributed by atoms with van der Waals surface area (Å²) in [6.07, 6.45) is 16.8. The monoisotopic (exact) mass is 1530 g/mol. The van der Waals surface area contributed by atoms with Gasteiger partial charge >= 0.3 is 5.97 Å². The second-order valence-electron chi connectivity index (χ2n) is 30.6. The fraction of sp³-hybridized carbons (Fsp3) is 0.687. The molecule has 0 aromatic heterocycles. The number of phenolic OH excluding ortho intramolecular Hbond substituents is 3. The van der Waals surface area contributed by atoms with Gasteiger partial charge in [0, 0.05) is 74.5 Å². The highest BCUT2D eigenvalue weighted by Gasteiger charge is 2.49. The Kier molecular flexibility index (Phi) is 45.8. The number of thioether (sulfide) groups is 1. The summed E-state index contributed by atoms with van der Waals surface area (Å²) in [6.45, 7) is 14.3. The molecule has 0 saturated carbocycles. The molecule has 18 N–H and O–H groups in total. The molecule has 0 spiro atoms. The number of benzene rings is 1. The van der Waals surface area contributed by atoms with Crippen LogP contribution in [0.3, 0.4) is 0 Å². The number of aromatic hydroxyl groups is 3. The smallest absolute Gasteiger partial charge is 0.311 e. The Bertz CT molecular complexity index is 2980. The van der Waals surface area contributed by atoms with E-state index in [2.05, 4.69) is 6.92 Å². The summed E-state index contributed by atoms with van der Waals surface area (Å²) in [7, 11) is 1.47.